The Balaban J connectivity index is 1.64. The maximum absolute atomic E-state index is 12.6. The molecule has 5 heteroatoms. The van der Waals surface area contributed by atoms with E-state index in [0.717, 1.165) is 32.1 Å². The number of hydrogen-bond donors (Lipinski definition) is 2. The predicted octanol–water partition coefficient (Wildman–Crippen LogP) is 3.67. The first-order valence-electron chi connectivity index (χ1n) is 10.6. The topological polar surface area (TPSA) is 60.0 Å². The molecule has 0 aromatic carbocycles. The first-order valence-corrected chi connectivity index (χ1v) is 12.5. The van der Waals surface area contributed by atoms with Crippen molar-refractivity contribution in [1.29, 1.82) is 4.78 Å². The Morgan fingerprint density at radius 2 is 1.70 bits per heavy atom. The van der Waals surface area contributed by atoms with E-state index in [0.29, 0.717) is 29.4 Å². The van der Waals surface area contributed by atoms with Gasteiger partial charge in [0.2, 0.25) is 0 Å². The molecule has 1 heterocycles. The molecule has 0 spiro atoms. The molecule has 0 aliphatic heterocycles. The molecule has 0 saturated heterocycles. The van der Waals surface area contributed by atoms with Crippen LogP contribution in [0, 0.1) is 16.6 Å². The first-order chi connectivity index (χ1) is 12.8. The van der Waals surface area contributed by atoms with Crippen LogP contribution in [0.3, 0.4) is 0 Å². The SMILES string of the molecule is CC/C(C)=c1/[nH]cc/c1=C(/C)N(C)C1CCC(CS(=N)(=O)CC2CC2)CC1. The van der Waals surface area contributed by atoms with Crippen LogP contribution in [0.4, 0.5) is 0 Å². The summed E-state index contributed by atoms with van der Waals surface area (Å²) in [6.07, 6.45) is 10.0. The summed E-state index contributed by atoms with van der Waals surface area (Å²) in [4.78, 5) is 5.86. The van der Waals surface area contributed by atoms with Crippen LogP contribution in [0.1, 0.15) is 65.7 Å². The van der Waals surface area contributed by atoms with Crippen molar-refractivity contribution < 1.29 is 4.21 Å². The molecule has 1 unspecified atom stereocenters. The summed E-state index contributed by atoms with van der Waals surface area (Å²) in [6.45, 7) is 6.63. The fraction of sp³-hybridized carbons (Fsp3) is 0.727. The Morgan fingerprint density at radius 3 is 2.22 bits per heavy atom. The van der Waals surface area contributed by atoms with E-state index in [1.807, 2.05) is 6.20 Å². The summed E-state index contributed by atoms with van der Waals surface area (Å²) in [5, 5.41) is 2.59. The summed E-state index contributed by atoms with van der Waals surface area (Å²) in [7, 11) is -0.130. The number of rotatable bonds is 7. The van der Waals surface area contributed by atoms with Crippen LogP contribution in [-0.2, 0) is 9.73 Å². The van der Waals surface area contributed by atoms with Crippen LogP contribution < -0.4 is 10.6 Å². The fourth-order valence-corrected chi connectivity index (χ4v) is 6.80. The molecular formula is C22H37N3OS. The van der Waals surface area contributed by atoms with Crippen molar-refractivity contribution in [3.05, 3.63) is 22.8 Å². The standard InChI is InChI=1S/C22H37N3OS/c1-5-16(2)22-21(12-13-24-22)17(3)25(4)20-10-8-19(9-11-20)15-27(23,26)14-18-6-7-18/h12-13,18-20,23-24H,5-11,14-15H2,1-4H3/b21-17+,22-16+. The Kier molecular flexibility index (Phi) is 6.39. The minimum Gasteiger partial charge on any atom is -0.375 e. The number of hydrogen-bond acceptors (Lipinski definition) is 3. The third-order valence-electron chi connectivity index (χ3n) is 6.69. The van der Waals surface area contributed by atoms with Gasteiger partial charge in [-0.2, -0.15) is 0 Å². The molecule has 2 saturated carbocycles. The van der Waals surface area contributed by atoms with Gasteiger partial charge in [0, 0.05) is 56.8 Å². The van der Waals surface area contributed by atoms with Crippen LogP contribution in [0.25, 0.3) is 11.3 Å². The van der Waals surface area contributed by atoms with E-state index < -0.39 is 9.73 Å². The second-order valence-electron chi connectivity index (χ2n) is 8.86. The lowest BCUT2D eigenvalue weighted by atomic mass is 9.86. The molecule has 0 amide bonds. The number of H-pyrrole nitrogens is 1. The van der Waals surface area contributed by atoms with Gasteiger partial charge in [-0.3, -0.25) is 4.78 Å². The van der Waals surface area contributed by atoms with Gasteiger partial charge >= 0.3 is 0 Å². The number of nitrogens with one attached hydrogen (secondary N) is 2. The van der Waals surface area contributed by atoms with Crippen molar-refractivity contribution >= 4 is 21.0 Å². The number of aromatic amines is 1. The number of nitrogens with zero attached hydrogens (tertiary/aromatic N) is 1. The molecule has 2 N–H and O–H groups in total. The van der Waals surface area contributed by atoms with E-state index in [9.17, 15) is 4.21 Å². The van der Waals surface area contributed by atoms with Crippen molar-refractivity contribution in [3.8, 4) is 0 Å². The van der Waals surface area contributed by atoms with Gasteiger partial charge in [0.1, 0.15) is 0 Å². The molecule has 27 heavy (non-hydrogen) atoms. The molecule has 0 bridgehead atoms. The molecule has 2 aliphatic carbocycles. The lowest BCUT2D eigenvalue weighted by Gasteiger charge is -2.36. The van der Waals surface area contributed by atoms with Gasteiger partial charge in [0.25, 0.3) is 0 Å². The maximum atomic E-state index is 12.6. The van der Waals surface area contributed by atoms with Gasteiger partial charge in [0.05, 0.1) is 0 Å². The van der Waals surface area contributed by atoms with Crippen LogP contribution >= 0.6 is 0 Å². The van der Waals surface area contributed by atoms with Gasteiger partial charge < -0.3 is 9.88 Å². The van der Waals surface area contributed by atoms with Crippen LogP contribution in [0.15, 0.2) is 12.3 Å². The van der Waals surface area contributed by atoms with E-state index in [1.54, 1.807) is 0 Å². The van der Waals surface area contributed by atoms with Gasteiger partial charge in [0.15, 0.2) is 0 Å². The van der Waals surface area contributed by atoms with Crippen molar-refractivity contribution in [2.24, 2.45) is 11.8 Å². The predicted molar refractivity (Wildman–Crippen MR) is 115 cm³/mol. The minimum atomic E-state index is -2.35. The molecule has 4 nitrogen and oxygen atoms in total. The number of aromatic nitrogens is 1. The molecule has 2 aliphatic rings. The van der Waals surface area contributed by atoms with E-state index in [-0.39, 0.29) is 0 Å². The molecule has 1 aromatic rings. The van der Waals surface area contributed by atoms with Crippen molar-refractivity contribution in [2.75, 3.05) is 18.6 Å². The first kappa shape index (κ1) is 20.5. The van der Waals surface area contributed by atoms with Gasteiger partial charge in [-0.25, -0.2) is 4.21 Å². The van der Waals surface area contributed by atoms with Gasteiger partial charge in [-0.15, -0.1) is 0 Å². The smallest absolute Gasteiger partial charge is 0.0460 e. The fourth-order valence-electron chi connectivity index (χ4n) is 4.48. The summed E-state index contributed by atoms with van der Waals surface area (Å²) in [6, 6.07) is 2.75. The summed E-state index contributed by atoms with van der Waals surface area (Å²) in [5.74, 6) is 2.37. The Labute approximate surface area is 165 Å². The second-order valence-corrected chi connectivity index (χ2v) is 11.1. The quantitative estimate of drug-likeness (QED) is 0.745. The molecular weight excluding hydrogens is 354 g/mol. The summed E-state index contributed by atoms with van der Waals surface area (Å²) in [5.41, 5.74) is 2.73. The van der Waals surface area contributed by atoms with Gasteiger partial charge in [-0.1, -0.05) is 6.92 Å². The van der Waals surface area contributed by atoms with E-state index >= 15 is 0 Å². The minimum absolute atomic E-state index is 0.484. The highest BCUT2D eigenvalue weighted by Crippen LogP contribution is 2.33. The monoisotopic (exact) mass is 391 g/mol. The zero-order valence-electron chi connectivity index (χ0n) is 17.5. The highest BCUT2D eigenvalue weighted by atomic mass is 32.2. The molecule has 3 rings (SSSR count). The van der Waals surface area contributed by atoms with Crippen molar-refractivity contribution in [2.45, 2.75) is 71.8 Å². The molecule has 152 valence electrons. The average molecular weight is 392 g/mol. The van der Waals surface area contributed by atoms with Crippen molar-refractivity contribution in [1.82, 2.24) is 9.88 Å². The highest BCUT2D eigenvalue weighted by Gasteiger charge is 2.30. The van der Waals surface area contributed by atoms with Crippen LogP contribution in [0.2, 0.25) is 0 Å². The Hall–Kier alpha value is -1.23. The summed E-state index contributed by atoms with van der Waals surface area (Å²) >= 11 is 0. The average Bonchev–Trinajstić information content (AvgIpc) is 3.30. The molecule has 2 fully saturated rings. The third-order valence-corrected chi connectivity index (χ3v) is 8.71. The van der Waals surface area contributed by atoms with Crippen LogP contribution in [-0.4, -0.2) is 38.7 Å². The second kappa shape index (κ2) is 8.42. The zero-order chi connectivity index (χ0) is 19.6. The third kappa shape index (κ3) is 5.18. The van der Waals surface area contributed by atoms with Crippen LogP contribution in [0.5, 0.6) is 0 Å². The zero-order valence-corrected chi connectivity index (χ0v) is 18.3. The van der Waals surface area contributed by atoms with E-state index in [1.165, 1.54) is 34.7 Å². The largest absolute Gasteiger partial charge is 0.375 e. The molecule has 0 radical (unpaired) electrons. The van der Waals surface area contributed by atoms with Crippen molar-refractivity contribution in [3.63, 3.8) is 0 Å². The lowest BCUT2D eigenvalue weighted by Crippen LogP contribution is -2.39. The van der Waals surface area contributed by atoms with E-state index in [2.05, 4.69) is 43.8 Å². The normalized spacial score (nSPS) is 27.7. The maximum Gasteiger partial charge on any atom is 0.0460 e. The summed E-state index contributed by atoms with van der Waals surface area (Å²) < 4.78 is 20.8. The molecule has 1 atom stereocenters. The Bertz CT molecular complexity index is 856. The highest BCUT2D eigenvalue weighted by molar-refractivity contribution is 7.92. The Morgan fingerprint density at radius 1 is 1.15 bits per heavy atom. The van der Waals surface area contributed by atoms with Gasteiger partial charge in [-0.05, 0) is 82.3 Å². The molecule has 1 aromatic heterocycles. The van der Waals surface area contributed by atoms with E-state index in [4.69, 9.17) is 4.78 Å². The lowest BCUT2D eigenvalue weighted by molar-refractivity contribution is 0.229.